The summed E-state index contributed by atoms with van der Waals surface area (Å²) < 4.78 is 48.0. The maximum absolute atomic E-state index is 13.1. The summed E-state index contributed by atoms with van der Waals surface area (Å²) in [4.78, 5) is 41.6. The van der Waals surface area contributed by atoms with Crippen LogP contribution in [0.25, 0.3) is 0 Å². The molecular formula is C23H29N3O9S. The summed E-state index contributed by atoms with van der Waals surface area (Å²) in [5, 5.41) is 2.93. The van der Waals surface area contributed by atoms with Gasteiger partial charge < -0.3 is 24.5 Å². The van der Waals surface area contributed by atoms with Gasteiger partial charge in [0.2, 0.25) is 0 Å². The zero-order valence-corrected chi connectivity index (χ0v) is 21.2. The summed E-state index contributed by atoms with van der Waals surface area (Å²) in [5.41, 5.74) is 0.891. The lowest BCUT2D eigenvalue weighted by molar-refractivity contribution is -0.151. The fourth-order valence-electron chi connectivity index (χ4n) is 3.66. The highest BCUT2D eigenvalue weighted by Gasteiger charge is 2.51. The molecule has 36 heavy (non-hydrogen) atoms. The Kier molecular flexibility index (Phi) is 8.82. The molecule has 0 amide bonds. The zero-order valence-electron chi connectivity index (χ0n) is 20.3. The molecule has 12 nitrogen and oxygen atoms in total. The summed E-state index contributed by atoms with van der Waals surface area (Å²) >= 11 is 0. The third-order valence-corrected chi connectivity index (χ3v) is 6.62. The first-order valence-corrected chi connectivity index (χ1v) is 12.7. The Hall–Kier alpha value is -3.29. The molecule has 13 heteroatoms. The van der Waals surface area contributed by atoms with Crippen LogP contribution in [0.4, 0.5) is 5.82 Å². The van der Waals surface area contributed by atoms with Gasteiger partial charge in [-0.25, -0.2) is 4.79 Å². The van der Waals surface area contributed by atoms with Crippen LogP contribution < -0.4 is 11.0 Å². The number of aromatic amines is 1. The van der Waals surface area contributed by atoms with Crippen LogP contribution in [-0.4, -0.2) is 61.5 Å². The number of ether oxygens (including phenoxy) is 3. The topological polar surface area (TPSA) is 163 Å². The smallest absolute Gasteiger partial charge is 0.346 e. The van der Waals surface area contributed by atoms with Gasteiger partial charge in [-0.15, -0.1) is 0 Å². The molecule has 196 valence electrons. The standard InChI is InChI=1S/C23H29N3O9S/c1-5-6-16-11-24-23(29)26-21(16)25-22-20(33-15(4)28)19(18(34-22)12-32-14(3)27)35-36(30,31)17-9-7-13(2)8-10-17/h7-11,18-20,22H,5-6,12H2,1-4H3,(H2,24,25,26,29)/t18-,19+,20-,22-/m1/s1. The number of nitrogens with one attached hydrogen (secondary N) is 2. The van der Waals surface area contributed by atoms with Gasteiger partial charge >= 0.3 is 17.6 Å². The van der Waals surface area contributed by atoms with E-state index >= 15 is 0 Å². The quantitative estimate of drug-likeness (QED) is 0.342. The summed E-state index contributed by atoms with van der Waals surface area (Å²) in [5.74, 6) is -1.17. The van der Waals surface area contributed by atoms with Crippen LogP contribution >= 0.6 is 0 Å². The molecule has 0 bridgehead atoms. The third-order valence-electron chi connectivity index (χ3n) is 5.30. The van der Waals surface area contributed by atoms with Gasteiger partial charge in [-0.3, -0.25) is 13.8 Å². The van der Waals surface area contributed by atoms with E-state index in [1.807, 2.05) is 6.92 Å². The predicted molar refractivity (Wildman–Crippen MR) is 127 cm³/mol. The molecule has 1 fully saturated rings. The molecule has 1 aliphatic heterocycles. The zero-order chi connectivity index (χ0) is 26.5. The minimum Gasteiger partial charge on any atom is -0.463 e. The van der Waals surface area contributed by atoms with Gasteiger partial charge in [0.15, 0.2) is 12.3 Å². The van der Waals surface area contributed by atoms with E-state index in [0.717, 1.165) is 18.9 Å². The van der Waals surface area contributed by atoms with Crippen molar-refractivity contribution >= 4 is 27.9 Å². The van der Waals surface area contributed by atoms with Crippen LogP contribution in [0.15, 0.2) is 40.2 Å². The summed E-state index contributed by atoms with van der Waals surface area (Å²) in [6, 6.07) is 5.99. The van der Waals surface area contributed by atoms with Gasteiger partial charge in [-0.1, -0.05) is 31.0 Å². The van der Waals surface area contributed by atoms with Gasteiger partial charge in [0, 0.05) is 25.6 Å². The Morgan fingerprint density at radius 1 is 1.14 bits per heavy atom. The van der Waals surface area contributed by atoms with Crippen LogP contribution in [0.3, 0.4) is 0 Å². The lowest BCUT2D eigenvalue weighted by Gasteiger charge is -2.24. The fraction of sp³-hybridized carbons (Fsp3) is 0.478. The van der Waals surface area contributed by atoms with Crippen molar-refractivity contribution in [2.75, 3.05) is 11.9 Å². The summed E-state index contributed by atoms with van der Waals surface area (Å²) in [6.45, 7) is 5.71. The molecule has 0 unspecified atom stereocenters. The Morgan fingerprint density at radius 3 is 2.44 bits per heavy atom. The molecule has 1 saturated heterocycles. The molecule has 0 spiro atoms. The van der Waals surface area contributed by atoms with Crippen molar-refractivity contribution in [1.29, 1.82) is 0 Å². The summed E-state index contributed by atoms with van der Waals surface area (Å²) in [7, 11) is -4.33. The molecule has 0 aliphatic carbocycles. The Labute approximate surface area is 208 Å². The predicted octanol–water partition coefficient (Wildman–Crippen LogP) is 1.44. The maximum atomic E-state index is 13.1. The second-order valence-electron chi connectivity index (χ2n) is 8.27. The van der Waals surface area contributed by atoms with E-state index in [1.54, 1.807) is 19.1 Å². The Morgan fingerprint density at radius 2 is 1.83 bits per heavy atom. The second-order valence-corrected chi connectivity index (χ2v) is 9.85. The van der Waals surface area contributed by atoms with Crippen LogP contribution in [0.1, 0.15) is 38.3 Å². The molecule has 0 saturated carbocycles. The van der Waals surface area contributed by atoms with Crippen LogP contribution in [0, 0.1) is 6.92 Å². The Bertz CT molecular complexity index is 1240. The third kappa shape index (κ3) is 6.89. The molecule has 4 atom stereocenters. The number of esters is 2. The number of hydrogen-bond acceptors (Lipinski definition) is 11. The van der Waals surface area contributed by atoms with Crippen LogP contribution in [0.5, 0.6) is 0 Å². The molecule has 1 aromatic carbocycles. The van der Waals surface area contributed by atoms with Gasteiger partial charge in [0.1, 0.15) is 24.6 Å². The minimum atomic E-state index is -4.33. The Balaban J connectivity index is 1.97. The fourth-order valence-corrected chi connectivity index (χ4v) is 4.77. The van der Waals surface area contributed by atoms with E-state index in [1.165, 1.54) is 25.3 Å². The lowest BCUT2D eigenvalue weighted by Crippen LogP contribution is -2.43. The van der Waals surface area contributed by atoms with Crippen LogP contribution in [0.2, 0.25) is 0 Å². The highest BCUT2D eigenvalue weighted by atomic mass is 32.2. The van der Waals surface area contributed by atoms with E-state index in [4.69, 9.17) is 18.4 Å². The van der Waals surface area contributed by atoms with Crippen LogP contribution in [-0.2, 0) is 44.5 Å². The van der Waals surface area contributed by atoms with Gasteiger partial charge in [0.25, 0.3) is 10.1 Å². The highest BCUT2D eigenvalue weighted by molar-refractivity contribution is 7.86. The number of H-pyrrole nitrogens is 1. The van der Waals surface area contributed by atoms with Crippen molar-refractivity contribution in [2.45, 2.75) is 70.0 Å². The van der Waals surface area contributed by atoms with Crippen molar-refractivity contribution < 1.29 is 36.4 Å². The van der Waals surface area contributed by atoms with Crippen molar-refractivity contribution in [2.24, 2.45) is 0 Å². The number of carbonyl (C=O) groups is 2. The van der Waals surface area contributed by atoms with Crippen molar-refractivity contribution in [1.82, 2.24) is 9.97 Å². The molecular weight excluding hydrogens is 494 g/mol. The van der Waals surface area contributed by atoms with Gasteiger partial charge in [0.05, 0.1) is 4.90 Å². The second kappa shape index (κ2) is 11.6. The molecule has 3 rings (SSSR count). The van der Waals surface area contributed by atoms with Crippen molar-refractivity contribution in [3.8, 4) is 0 Å². The minimum absolute atomic E-state index is 0.112. The molecule has 2 N–H and O–H groups in total. The maximum Gasteiger partial charge on any atom is 0.346 e. The number of benzene rings is 1. The average Bonchev–Trinajstić information content (AvgIpc) is 3.09. The number of anilines is 1. The highest BCUT2D eigenvalue weighted by Crippen LogP contribution is 2.31. The number of hydrogen-bond donors (Lipinski definition) is 2. The number of carbonyl (C=O) groups excluding carboxylic acids is 2. The molecule has 0 radical (unpaired) electrons. The molecule has 1 aromatic heterocycles. The van der Waals surface area contributed by atoms with E-state index < -0.39 is 52.3 Å². The van der Waals surface area contributed by atoms with Gasteiger partial charge in [-0.05, 0) is 25.5 Å². The number of nitrogens with zero attached hydrogens (tertiary/aromatic N) is 1. The van der Waals surface area contributed by atoms with Crippen molar-refractivity contribution in [3.05, 3.63) is 52.1 Å². The molecule has 2 aromatic rings. The monoisotopic (exact) mass is 523 g/mol. The molecule has 1 aliphatic rings. The van der Waals surface area contributed by atoms with Crippen molar-refractivity contribution in [3.63, 3.8) is 0 Å². The number of aromatic nitrogens is 2. The summed E-state index contributed by atoms with van der Waals surface area (Å²) in [6.07, 6.45) is -2.16. The largest absolute Gasteiger partial charge is 0.463 e. The molecule has 2 heterocycles. The SMILES string of the molecule is CCCc1c[nH]c(=O)nc1N[C@@H]1O[C@H](COC(C)=O)[C@H](OS(=O)(=O)c2ccc(C)cc2)[C@H]1OC(C)=O. The normalized spacial score (nSPS) is 21.7. The lowest BCUT2D eigenvalue weighted by atomic mass is 10.1. The first-order valence-electron chi connectivity index (χ1n) is 11.3. The van der Waals surface area contributed by atoms with E-state index in [-0.39, 0.29) is 17.3 Å². The van der Waals surface area contributed by atoms with E-state index in [9.17, 15) is 22.8 Å². The average molecular weight is 524 g/mol. The first-order chi connectivity index (χ1) is 17.0. The van der Waals surface area contributed by atoms with E-state index in [0.29, 0.717) is 12.0 Å². The number of aryl methyl sites for hydroxylation is 2. The van der Waals surface area contributed by atoms with Gasteiger partial charge in [-0.2, -0.15) is 13.4 Å². The first kappa shape index (κ1) is 27.3. The number of rotatable bonds is 10. The van der Waals surface area contributed by atoms with E-state index in [2.05, 4.69) is 15.3 Å².